The highest BCUT2D eigenvalue weighted by Gasteiger charge is 2.23. The molecule has 6 nitrogen and oxygen atoms in total. The summed E-state index contributed by atoms with van der Waals surface area (Å²) >= 11 is 0. The Hall–Kier alpha value is -2.08. The second-order valence-corrected chi connectivity index (χ2v) is 5.21. The predicted molar refractivity (Wildman–Crippen MR) is 78.4 cm³/mol. The fraction of sp³-hybridized carbons (Fsp3) is 0.467. The Morgan fingerprint density at radius 3 is 2.95 bits per heavy atom. The van der Waals surface area contributed by atoms with Crippen LogP contribution in [0.2, 0.25) is 0 Å². The van der Waals surface area contributed by atoms with Gasteiger partial charge in [0.05, 0.1) is 18.6 Å². The summed E-state index contributed by atoms with van der Waals surface area (Å²) in [5, 5.41) is 14.3. The number of carboxylic acid groups (broad SMARTS) is 1. The Kier molecular flexibility index (Phi) is 5.16. The van der Waals surface area contributed by atoms with Gasteiger partial charge in [-0.15, -0.1) is 0 Å². The molecule has 6 heteroatoms. The van der Waals surface area contributed by atoms with Crippen molar-refractivity contribution in [1.82, 2.24) is 5.32 Å². The molecule has 0 bridgehead atoms. The number of urea groups is 1. The Balaban J connectivity index is 1.88. The quantitative estimate of drug-likeness (QED) is 0.774. The number of hydrogen-bond donors (Lipinski definition) is 3. The van der Waals surface area contributed by atoms with E-state index < -0.39 is 5.97 Å². The lowest BCUT2D eigenvalue weighted by atomic mass is 10.1. The maximum atomic E-state index is 11.9. The van der Waals surface area contributed by atoms with Crippen LogP contribution >= 0.6 is 0 Å². The van der Waals surface area contributed by atoms with E-state index in [-0.39, 0.29) is 24.6 Å². The fourth-order valence-electron chi connectivity index (χ4n) is 2.40. The molecule has 1 aliphatic rings. The number of carboxylic acids is 1. The molecule has 2 atom stereocenters. The molecule has 3 N–H and O–H groups in total. The van der Waals surface area contributed by atoms with Crippen LogP contribution in [-0.4, -0.2) is 35.9 Å². The zero-order chi connectivity index (χ0) is 15.2. The number of amides is 2. The van der Waals surface area contributed by atoms with Gasteiger partial charge in [-0.25, -0.2) is 4.79 Å². The number of hydrogen-bond acceptors (Lipinski definition) is 3. The second kappa shape index (κ2) is 7.08. The first-order chi connectivity index (χ1) is 10.0. The first-order valence-corrected chi connectivity index (χ1v) is 7.04. The van der Waals surface area contributed by atoms with Crippen LogP contribution < -0.4 is 10.6 Å². The van der Waals surface area contributed by atoms with Crippen molar-refractivity contribution in [3.05, 3.63) is 29.8 Å². The molecule has 1 fully saturated rings. The normalized spacial score (nSPS) is 19.0. The van der Waals surface area contributed by atoms with Crippen LogP contribution in [0.4, 0.5) is 10.5 Å². The molecule has 1 heterocycles. The van der Waals surface area contributed by atoms with Crippen LogP contribution in [-0.2, 0) is 16.0 Å². The van der Waals surface area contributed by atoms with Crippen molar-refractivity contribution in [2.24, 2.45) is 0 Å². The molecule has 1 aromatic carbocycles. The lowest BCUT2D eigenvalue weighted by molar-refractivity contribution is -0.136. The highest BCUT2D eigenvalue weighted by Crippen LogP contribution is 2.16. The average Bonchev–Trinajstić information content (AvgIpc) is 2.91. The number of carbonyl (C=O) groups excluding carboxylic acids is 1. The maximum absolute atomic E-state index is 11.9. The minimum atomic E-state index is -0.899. The molecule has 2 amide bonds. The minimum Gasteiger partial charge on any atom is -0.481 e. The van der Waals surface area contributed by atoms with Gasteiger partial charge in [-0.1, -0.05) is 12.1 Å². The van der Waals surface area contributed by atoms with Gasteiger partial charge in [0.15, 0.2) is 0 Å². The number of anilines is 1. The van der Waals surface area contributed by atoms with Crippen LogP contribution in [0.3, 0.4) is 0 Å². The van der Waals surface area contributed by atoms with Crippen molar-refractivity contribution in [2.45, 2.75) is 38.3 Å². The third kappa shape index (κ3) is 4.75. The Bertz CT molecular complexity index is 512. The number of benzene rings is 1. The van der Waals surface area contributed by atoms with Gasteiger partial charge in [0, 0.05) is 12.3 Å². The first kappa shape index (κ1) is 15.3. The highest BCUT2D eigenvalue weighted by atomic mass is 16.5. The van der Waals surface area contributed by atoms with E-state index in [0.717, 1.165) is 19.4 Å². The molecule has 0 aliphatic carbocycles. The maximum Gasteiger partial charge on any atom is 0.319 e. The van der Waals surface area contributed by atoms with Crippen molar-refractivity contribution in [2.75, 3.05) is 11.9 Å². The van der Waals surface area contributed by atoms with E-state index in [1.165, 1.54) is 0 Å². The van der Waals surface area contributed by atoms with Gasteiger partial charge in [-0.2, -0.15) is 0 Å². The number of aliphatic carboxylic acids is 1. The monoisotopic (exact) mass is 292 g/mol. The summed E-state index contributed by atoms with van der Waals surface area (Å²) in [6.07, 6.45) is 1.98. The number of carbonyl (C=O) groups is 2. The van der Waals surface area contributed by atoms with Gasteiger partial charge in [-0.3, -0.25) is 4.79 Å². The summed E-state index contributed by atoms with van der Waals surface area (Å²) in [6, 6.07) is 6.44. The Labute approximate surface area is 123 Å². The number of rotatable bonds is 5. The average molecular weight is 292 g/mol. The summed E-state index contributed by atoms with van der Waals surface area (Å²) in [7, 11) is 0. The molecule has 0 saturated carbocycles. The zero-order valence-corrected chi connectivity index (χ0v) is 12.0. The molecule has 1 aromatic rings. The minimum absolute atomic E-state index is 0.0605. The molecule has 114 valence electrons. The van der Waals surface area contributed by atoms with Crippen molar-refractivity contribution in [3.8, 4) is 0 Å². The smallest absolute Gasteiger partial charge is 0.319 e. The molecule has 0 spiro atoms. The fourth-order valence-corrected chi connectivity index (χ4v) is 2.40. The Morgan fingerprint density at radius 2 is 2.29 bits per heavy atom. The van der Waals surface area contributed by atoms with Gasteiger partial charge in [0.2, 0.25) is 0 Å². The molecule has 2 rings (SSSR count). The lowest BCUT2D eigenvalue weighted by Gasteiger charge is -2.20. The third-order valence-electron chi connectivity index (χ3n) is 3.42. The molecule has 1 saturated heterocycles. The van der Waals surface area contributed by atoms with Gasteiger partial charge < -0.3 is 20.5 Å². The highest BCUT2D eigenvalue weighted by molar-refractivity contribution is 5.89. The van der Waals surface area contributed by atoms with Crippen LogP contribution in [0.5, 0.6) is 0 Å². The van der Waals surface area contributed by atoms with Gasteiger partial charge in [0.1, 0.15) is 0 Å². The molecule has 1 aliphatic heterocycles. The summed E-state index contributed by atoms with van der Waals surface area (Å²) in [6.45, 7) is 2.66. The zero-order valence-electron chi connectivity index (χ0n) is 12.0. The van der Waals surface area contributed by atoms with Crippen LogP contribution in [0.15, 0.2) is 24.3 Å². The van der Waals surface area contributed by atoms with E-state index in [4.69, 9.17) is 9.84 Å². The number of nitrogens with one attached hydrogen (secondary N) is 2. The van der Waals surface area contributed by atoms with Crippen molar-refractivity contribution in [3.63, 3.8) is 0 Å². The van der Waals surface area contributed by atoms with E-state index in [2.05, 4.69) is 10.6 Å². The van der Waals surface area contributed by atoms with E-state index in [1.807, 2.05) is 6.92 Å². The van der Waals surface area contributed by atoms with Crippen LogP contribution in [0.1, 0.15) is 25.3 Å². The van der Waals surface area contributed by atoms with Gasteiger partial charge in [0.25, 0.3) is 0 Å². The molecular weight excluding hydrogens is 272 g/mol. The van der Waals surface area contributed by atoms with Gasteiger partial charge >= 0.3 is 12.0 Å². The van der Waals surface area contributed by atoms with E-state index in [0.29, 0.717) is 11.3 Å². The topological polar surface area (TPSA) is 87.7 Å². The van der Waals surface area contributed by atoms with E-state index in [1.54, 1.807) is 24.3 Å². The number of ether oxygens (including phenoxy) is 1. The van der Waals surface area contributed by atoms with Crippen molar-refractivity contribution < 1.29 is 19.4 Å². The second-order valence-electron chi connectivity index (χ2n) is 5.21. The van der Waals surface area contributed by atoms with Crippen molar-refractivity contribution >= 4 is 17.7 Å². The predicted octanol–water partition coefficient (Wildman–Crippen LogP) is 2.00. The molecule has 0 aromatic heterocycles. The van der Waals surface area contributed by atoms with Gasteiger partial charge in [-0.05, 0) is 37.5 Å². The standard InChI is InChI=1S/C15H20N2O4/c1-10(13-6-3-7-21-13)16-15(20)17-12-5-2-4-11(8-12)9-14(18)19/h2,4-5,8,10,13H,3,6-7,9H2,1H3,(H,18,19)(H2,16,17,20). The summed E-state index contributed by atoms with van der Waals surface area (Å²) in [5.74, 6) is -0.899. The SMILES string of the molecule is CC(NC(=O)Nc1cccc(CC(=O)O)c1)C1CCCO1. The Morgan fingerprint density at radius 1 is 1.48 bits per heavy atom. The van der Waals surface area contributed by atoms with Crippen molar-refractivity contribution in [1.29, 1.82) is 0 Å². The molecular formula is C15H20N2O4. The van der Waals surface area contributed by atoms with Crippen LogP contribution in [0.25, 0.3) is 0 Å². The largest absolute Gasteiger partial charge is 0.481 e. The summed E-state index contributed by atoms with van der Waals surface area (Å²) in [4.78, 5) is 22.6. The first-order valence-electron chi connectivity index (χ1n) is 7.04. The lowest BCUT2D eigenvalue weighted by Crippen LogP contribution is -2.42. The van der Waals surface area contributed by atoms with E-state index in [9.17, 15) is 9.59 Å². The van der Waals surface area contributed by atoms with E-state index >= 15 is 0 Å². The van der Waals surface area contributed by atoms with Crippen LogP contribution in [0, 0.1) is 0 Å². The molecule has 0 radical (unpaired) electrons. The molecule has 2 unspecified atom stereocenters. The third-order valence-corrected chi connectivity index (χ3v) is 3.42. The summed E-state index contributed by atoms with van der Waals surface area (Å²) < 4.78 is 5.52. The molecule has 21 heavy (non-hydrogen) atoms. The summed E-state index contributed by atoms with van der Waals surface area (Å²) in [5.41, 5.74) is 1.22.